The molecule has 31 heavy (non-hydrogen) atoms. The standard InChI is InChI=1S/C27H45NO.C2H6/c1-17-19-8-11-26(5)20-9-13-27(28)15-14-24(2,3)16-21(27)18(20)6-7-23(26)25(19,4)12-10-22(17)29;1-2/h6,17,19-23,29H,7-16,28H2,1-5H3;1-2H3. The van der Waals surface area contributed by atoms with Gasteiger partial charge in [-0.1, -0.05) is 60.1 Å². The van der Waals surface area contributed by atoms with Crippen molar-refractivity contribution in [1.29, 1.82) is 0 Å². The van der Waals surface area contributed by atoms with Crippen molar-refractivity contribution in [3.8, 4) is 0 Å². The molecule has 0 bridgehead atoms. The summed E-state index contributed by atoms with van der Waals surface area (Å²) in [4.78, 5) is 0. The minimum Gasteiger partial charge on any atom is -0.393 e. The van der Waals surface area contributed by atoms with Gasteiger partial charge in [-0.15, -0.1) is 0 Å². The summed E-state index contributed by atoms with van der Waals surface area (Å²) in [6.07, 6.45) is 15.1. The van der Waals surface area contributed by atoms with E-state index in [0.717, 1.165) is 18.3 Å². The van der Waals surface area contributed by atoms with Crippen molar-refractivity contribution in [2.24, 2.45) is 51.6 Å². The third-order valence-corrected chi connectivity index (χ3v) is 11.5. The van der Waals surface area contributed by atoms with Crippen LogP contribution in [0.25, 0.3) is 0 Å². The van der Waals surface area contributed by atoms with Crippen LogP contribution in [0.1, 0.15) is 113 Å². The Morgan fingerprint density at radius 2 is 1.55 bits per heavy atom. The van der Waals surface area contributed by atoms with Crippen LogP contribution in [0.3, 0.4) is 0 Å². The fourth-order valence-corrected chi connectivity index (χ4v) is 9.57. The monoisotopic (exact) mass is 429 g/mol. The number of aliphatic hydroxyl groups excluding tert-OH is 1. The zero-order valence-corrected chi connectivity index (χ0v) is 21.6. The quantitative estimate of drug-likeness (QED) is 0.403. The maximum atomic E-state index is 10.6. The lowest BCUT2D eigenvalue weighted by Gasteiger charge is -2.66. The summed E-state index contributed by atoms with van der Waals surface area (Å²) in [6, 6.07) is 0. The minimum absolute atomic E-state index is 0.0611. The van der Waals surface area contributed by atoms with E-state index >= 15 is 0 Å². The number of fused-ring (bicyclic) bond motifs is 7. The summed E-state index contributed by atoms with van der Waals surface area (Å²) in [5, 5.41) is 10.6. The molecule has 0 aromatic carbocycles. The van der Waals surface area contributed by atoms with E-state index in [-0.39, 0.29) is 11.6 Å². The van der Waals surface area contributed by atoms with Crippen LogP contribution in [0.4, 0.5) is 0 Å². The summed E-state index contributed by atoms with van der Waals surface area (Å²) in [6.45, 7) is 16.5. The number of allylic oxidation sites excluding steroid dienone is 1. The van der Waals surface area contributed by atoms with Crippen LogP contribution in [0, 0.1) is 45.8 Å². The van der Waals surface area contributed by atoms with E-state index in [1.165, 1.54) is 57.8 Å². The van der Waals surface area contributed by atoms with Crippen LogP contribution >= 0.6 is 0 Å². The highest BCUT2D eigenvalue weighted by molar-refractivity contribution is 5.30. The highest BCUT2D eigenvalue weighted by Crippen LogP contribution is 2.69. The first-order valence-corrected chi connectivity index (χ1v) is 13.7. The van der Waals surface area contributed by atoms with Crippen LogP contribution in [-0.4, -0.2) is 16.7 Å². The maximum Gasteiger partial charge on any atom is 0.0568 e. The van der Waals surface area contributed by atoms with Gasteiger partial charge in [0, 0.05) is 5.54 Å². The molecule has 9 atom stereocenters. The van der Waals surface area contributed by atoms with E-state index < -0.39 is 0 Å². The Hall–Kier alpha value is -0.340. The largest absolute Gasteiger partial charge is 0.393 e. The molecule has 0 heterocycles. The Labute approximate surface area is 192 Å². The van der Waals surface area contributed by atoms with Gasteiger partial charge in [0.15, 0.2) is 0 Å². The summed E-state index contributed by atoms with van der Waals surface area (Å²) in [7, 11) is 0. The van der Waals surface area contributed by atoms with Gasteiger partial charge in [0.05, 0.1) is 6.10 Å². The van der Waals surface area contributed by atoms with Crippen molar-refractivity contribution in [3.63, 3.8) is 0 Å². The van der Waals surface area contributed by atoms with Crippen LogP contribution in [0.5, 0.6) is 0 Å². The van der Waals surface area contributed by atoms with Crippen molar-refractivity contribution in [3.05, 3.63) is 11.6 Å². The van der Waals surface area contributed by atoms with Gasteiger partial charge in [-0.2, -0.15) is 0 Å². The van der Waals surface area contributed by atoms with Crippen molar-refractivity contribution in [2.75, 3.05) is 0 Å². The lowest BCUT2D eigenvalue weighted by molar-refractivity contribution is -0.153. The lowest BCUT2D eigenvalue weighted by atomic mass is 9.39. The Morgan fingerprint density at radius 3 is 2.26 bits per heavy atom. The number of nitrogens with two attached hydrogens (primary N) is 1. The van der Waals surface area contributed by atoms with Gasteiger partial charge in [-0.05, 0) is 110 Å². The summed E-state index contributed by atoms with van der Waals surface area (Å²) < 4.78 is 0. The fourth-order valence-electron chi connectivity index (χ4n) is 9.57. The molecule has 0 radical (unpaired) electrons. The first-order valence-electron chi connectivity index (χ1n) is 13.7. The minimum atomic E-state index is -0.0795. The molecule has 5 aliphatic carbocycles. The lowest BCUT2D eigenvalue weighted by Crippen LogP contribution is -2.62. The smallest absolute Gasteiger partial charge is 0.0568 e. The molecule has 0 aliphatic heterocycles. The molecule has 2 nitrogen and oxygen atoms in total. The highest BCUT2D eigenvalue weighted by Gasteiger charge is 2.62. The van der Waals surface area contributed by atoms with E-state index in [1.54, 1.807) is 5.57 Å². The summed E-state index contributed by atoms with van der Waals surface area (Å²) in [5.41, 5.74) is 10.2. The molecular weight excluding hydrogens is 378 g/mol. The summed E-state index contributed by atoms with van der Waals surface area (Å²) in [5.74, 6) is 3.30. The van der Waals surface area contributed by atoms with Crippen molar-refractivity contribution >= 4 is 0 Å². The number of rotatable bonds is 0. The predicted molar refractivity (Wildman–Crippen MR) is 132 cm³/mol. The van der Waals surface area contributed by atoms with E-state index in [0.29, 0.717) is 34.0 Å². The zero-order chi connectivity index (χ0) is 22.8. The SMILES string of the molecule is CC.CC1C(O)CCC2(C)C1CCC1(C)C3CCC4(N)CCC(C)(C)CC4C3=CCC12. The van der Waals surface area contributed by atoms with Gasteiger partial charge < -0.3 is 10.8 Å². The Morgan fingerprint density at radius 1 is 0.871 bits per heavy atom. The fraction of sp³-hybridized carbons (Fsp3) is 0.931. The molecule has 0 aromatic rings. The molecule has 5 aliphatic rings. The molecule has 0 spiro atoms. The van der Waals surface area contributed by atoms with Gasteiger partial charge >= 0.3 is 0 Å². The molecule has 0 saturated heterocycles. The van der Waals surface area contributed by atoms with Crippen LogP contribution in [0.15, 0.2) is 11.6 Å². The molecule has 4 saturated carbocycles. The second kappa shape index (κ2) is 7.86. The van der Waals surface area contributed by atoms with Gasteiger partial charge in [-0.25, -0.2) is 0 Å². The Balaban J connectivity index is 0.00000112. The second-order valence-corrected chi connectivity index (χ2v) is 13.4. The van der Waals surface area contributed by atoms with Gasteiger partial charge in [0.2, 0.25) is 0 Å². The average molecular weight is 430 g/mol. The van der Waals surface area contributed by atoms with Crippen LogP contribution < -0.4 is 5.73 Å². The van der Waals surface area contributed by atoms with Gasteiger partial charge in [-0.3, -0.25) is 0 Å². The highest BCUT2D eigenvalue weighted by atomic mass is 16.3. The molecule has 0 amide bonds. The molecule has 5 rings (SSSR count). The number of aliphatic hydroxyl groups is 1. The molecule has 0 aromatic heterocycles. The van der Waals surface area contributed by atoms with Crippen molar-refractivity contribution < 1.29 is 5.11 Å². The topological polar surface area (TPSA) is 46.2 Å². The maximum absolute atomic E-state index is 10.6. The first-order chi connectivity index (χ1) is 14.5. The first kappa shape index (κ1) is 23.8. The normalized spacial score (nSPS) is 52.9. The van der Waals surface area contributed by atoms with Crippen molar-refractivity contribution in [1.82, 2.24) is 0 Å². The average Bonchev–Trinajstić information content (AvgIpc) is 2.73. The molecule has 9 unspecified atom stereocenters. The third-order valence-electron chi connectivity index (χ3n) is 11.5. The number of hydrogen-bond donors (Lipinski definition) is 2. The van der Waals surface area contributed by atoms with E-state index in [2.05, 4.69) is 40.7 Å². The molecule has 178 valence electrons. The van der Waals surface area contributed by atoms with Gasteiger partial charge in [0.25, 0.3) is 0 Å². The van der Waals surface area contributed by atoms with Crippen LogP contribution in [-0.2, 0) is 0 Å². The Bertz CT molecular complexity index is 712. The van der Waals surface area contributed by atoms with E-state index in [4.69, 9.17) is 5.73 Å². The molecular formula is C29H51NO. The van der Waals surface area contributed by atoms with E-state index in [9.17, 15) is 5.11 Å². The third kappa shape index (κ3) is 3.49. The predicted octanol–water partition coefficient (Wildman–Crippen LogP) is 7.11. The zero-order valence-electron chi connectivity index (χ0n) is 21.6. The molecule has 3 N–H and O–H groups in total. The second-order valence-electron chi connectivity index (χ2n) is 13.4. The number of hydrogen-bond acceptors (Lipinski definition) is 2. The van der Waals surface area contributed by atoms with Gasteiger partial charge in [0.1, 0.15) is 0 Å². The van der Waals surface area contributed by atoms with E-state index in [1.807, 2.05) is 13.8 Å². The van der Waals surface area contributed by atoms with Crippen LogP contribution in [0.2, 0.25) is 0 Å². The van der Waals surface area contributed by atoms with Crippen molar-refractivity contribution in [2.45, 2.75) is 124 Å². The summed E-state index contributed by atoms with van der Waals surface area (Å²) >= 11 is 0. The Kier molecular flexibility index (Phi) is 6.04. The molecule has 2 heteroatoms. The molecule has 4 fully saturated rings.